The number of nitrogens with one attached hydrogen (secondary N) is 1. The molecular formula is C21H28N2OS. The molecule has 2 aromatic rings. The van der Waals surface area contributed by atoms with Crippen LogP contribution in [0.15, 0.2) is 29.6 Å². The Morgan fingerprint density at radius 1 is 1.20 bits per heavy atom. The fourth-order valence-electron chi connectivity index (χ4n) is 3.84. The summed E-state index contributed by atoms with van der Waals surface area (Å²) in [5.41, 5.74) is 4.20. The molecule has 4 heteroatoms. The van der Waals surface area contributed by atoms with Crippen molar-refractivity contribution in [3.63, 3.8) is 0 Å². The van der Waals surface area contributed by atoms with Gasteiger partial charge in [-0.15, -0.1) is 11.3 Å². The van der Waals surface area contributed by atoms with Gasteiger partial charge in [0.05, 0.1) is 0 Å². The van der Waals surface area contributed by atoms with Crippen molar-refractivity contribution in [1.29, 1.82) is 0 Å². The van der Waals surface area contributed by atoms with Gasteiger partial charge in [-0.25, -0.2) is 0 Å². The van der Waals surface area contributed by atoms with Crippen LogP contribution in [0.5, 0.6) is 0 Å². The second-order valence-electron chi connectivity index (χ2n) is 7.28. The van der Waals surface area contributed by atoms with Gasteiger partial charge in [0, 0.05) is 23.5 Å². The lowest BCUT2D eigenvalue weighted by atomic mass is 9.95. The molecule has 1 aromatic heterocycles. The third-order valence-corrected chi connectivity index (χ3v) is 5.98. The molecule has 2 heterocycles. The summed E-state index contributed by atoms with van der Waals surface area (Å²) in [5, 5.41) is 5.32. The van der Waals surface area contributed by atoms with E-state index in [0.29, 0.717) is 5.92 Å². The number of rotatable bonds is 5. The molecular weight excluding hydrogens is 328 g/mol. The van der Waals surface area contributed by atoms with Gasteiger partial charge >= 0.3 is 0 Å². The zero-order chi connectivity index (χ0) is 17.8. The molecule has 25 heavy (non-hydrogen) atoms. The summed E-state index contributed by atoms with van der Waals surface area (Å²) >= 11 is 1.83. The Morgan fingerprint density at radius 3 is 2.48 bits per heavy atom. The van der Waals surface area contributed by atoms with E-state index in [-0.39, 0.29) is 5.91 Å². The van der Waals surface area contributed by atoms with Gasteiger partial charge in [0.1, 0.15) is 0 Å². The summed E-state index contributed by atoms with van der Waals surface area (Å²) in [4.78, 5) is 16.6. The first-order chi connectivity index (χ1) is 12.0. The van der Waals surface area contributed by atoms with Gasteiger partial charge in [-0.1, -0.05) is 23.8 Å². The number of likely N-dealkylation sites (tertiary alicyclic amines) is 1. The molecule has 1 saturated heterocycles. The number of piperidine rings is 1. The van der Waals surface area contributed by atoms with E-state index in [4.69, 9.17) is 0 Å². The molecule has 0 radical (unpaired) electrons. The monoisotopic (exact) mass is 356 g/mol. The van der Waals surface area contributed by atoms with Crippen LogP contribution in [0, 0.1) is 26.7 Å². The van der Waals surface area contributed by atoms with Gasteiger partial charge < -0.3 is 5.32 Å². The Morgan fingerprint density at radius 2 is 1.88 bits per heavy atom. The molecule has 0 saturated carbocycles. The Bertz CT molecular complexity index is 692. The summed E-state index contributed by atoms with van der Waals surface area (Å²) in [6, 6.07) is 8.51. The van der Waals surface area contributed by atoms with Crippen molar-refractivity contribution in [2.75, 3.05) is 19.6 Å². The van der Waals surface area contributed by atoms with Crippen molar-refractivity contribution in [2.45, 2.75) is 40.2 Å². The molecule has 1 aliphatic rings. The quantitative estimate of drug-likeness (QED) is 0.865. The molecule has 0 aliphatic carbocycles. The predicted octanol–water partition coefficient (Wildman–Crippen LogP) is 4.32. The number of nitrogens with zero attached hydrogens (tertiary/aromatic N) is 1. The number of amides is 1. The standard InChI is InChI=1S/C21H28N2OS/c1-15-11-16(2)20(17(3)12-15)21(24)22-13-18-6-8-23(9-7-18)14-19-5-4-10-25-19/h4-5,10-12,18H,6-9,13-14H2,1-3H3,(H,22,24). The van der Waals surface area contributed by atoms with Crippen LogP contribution in [0.4, 0.5) is 0 Å². The van der Waals surface area contributed by atoms with E-state index in [1.807, 2.05) is 25.2 Å². The second-order valence-corrected chi connectivity index (χ2v) is 8.31. The Hall–Kier alpha value is -1.65. The molecule has 1 aromatic carbocycles. The number of benzene rings is 1. The van der Waals surface area contributed by atoms with Crippen LogP contribution in [0.2, 0.25) is 0 Å². The fourth-order valence-corrected chi connectivity index (χ4v) is 4.58. The minimum absolute atomic E-state index is 0.0796. The van der Waals surface area contributed by atoms with Crippen LogP contribution < -0.4 is 5.32 Å². The molecule has 0 atom stereocenters. The van der Waals surface area contributed by atoms with E-state index < -0.39 is 0 Å². The van der Waals surface area contributed by atoms with Crippen LogP contribution >= 0.6 is 11.3 Å². The predicted molar refractivity (Wildman–Crippen MR) is 105 cm³/mol. The zero-order valence-corrected chi connectivity index (χ0v) is 16.3. The van der Waals surface area contributed by atoms with Crippen molar-refractivity contribution in [1.82, 2.24) is 10.2 Å². The minimum atomic E-state index is 0.0796. The van der Waals surface area contributed by atoms with E-state index in [1.54, 1.807) is 0 Å². The normalized spacial score (nSPS) is 16.1. The summed E-state index contributed by atoms with van der Waals surface area (Å²) in [6.45, 7) is 10.2. The number of carbonyl (C=O) groups is 1. The lowest BCUT2D eigenvalue weighted by Gasteiger charge is -2.31. The van der Waals surface area contributed by atoms with Crippen LogP contribution in [0.1, 0.15) is 44.8 Å². The van der Waals surface area contributed by atoms with Gasteiger partial charge in [0.15, 0.2) is 0 Å². The number of carbonyl (C=O) groups excluding carboxylic acids is 1. The van der Waals surface area contributed by atoms with Crippen molar-refractivity contribution >= 4 is 17.2 Å². The summed E-state index contributed by atoms with van der Waals surface area (Å²) in [7, 11) is 0. The highest BCUT2D eigenvalue weighted by Crippen LogP contribution is 2.21. The second kappa shape index (κ2) is 8.15. The first-order valence-electron chi connectivity index (χ1n) is 9.13. The van der Waals surface area contributed by atoms with E-state index in [2.05, 4.69) is 46.8 Å². The molecule has 134 valence electrons. The fraction of sp³-hybridized carbons (Fsp3) is 0.476. The van der Waals surface area contributed by atoms with Gasteiger partial charge in [0.25, 0.3) is 5.91 Å². The van der Waals surface area contributed by atoms with E-state index >= 15 is 0 Å². The minimum Gasteiger partial charge on any atom is -0.352 e. The van der Waals surface area contributed by atoms with Crippen molar-refractivity contribution in [2.24, 2.45) is 5.92 Å². The van der Waals surface area contributed by atoms with E-state index in [1.165, 1.54) is 10.4 Å². The Labute approximate surface area is 155 Å². The van der Waals surface area contributed by atoms with Crippen molar-refractivity contribution in [3.05, 3.63) is 56.8 Å². The summed E-state index contributed by atoms with van der Waals surface area (Å²) in [6.07, 6.45) is 2.33. The first kappa shape index (κ1) is 18.2. The van der Waals surface area contributed by atoms with E-state index in [9.17, 15) is 4.79 Å². The molecule has 0 spiro atoms. The van der Waals surface area contributed by atoms with Crippen LogP contribution in [0.25, 0.3) is 0 Å². The van der Waals surface area contributed by atoms with Gasteiger partial charge in [-0.05, 0) is 75.2 Å². The molecule has 3 nitrogen and oxygen atoms in total. The van der Waals surface area contributed by atoms with Gasteiger partial charge in [0.2, 0.25) is 0 Å². The molecule has 1 amide bonds. The third-order valence-electron chi connectivity index (χ3n) is 5.12. The van der Waals surface area contributed by atoms with Crippen LogP contribution in [-0.4, -0.2) is 30.4 Å². The highest BCUT2D eigenvalue weighted by molar-refractivity contribution is 7.09. The van der Waals surface area contributed by atoms with Crippen molar-refractivity contribution < 1.29 is 4.79 Å². The molecule has 1 aliphatic heterocycles. The lowest BCUT2D eigenvalue weighted by Crippen LogP contribution is -2.38. The topological polar surface area (TPSA) is 32.3 Å². The number of hydrogen-bond donors (Lipinski definition) is 1. The first-order valence-corrected chi connectivity index (χ1v) is 10.0. The van der Waals surface area contributed by atoms with Gasteiger partial charge in [-0.3, -0.25) is 9.69 Å². The SMILES string of the molecule is Cc1cc(C)c(C(=O)NCC2CCN(Cc3cccs3)CC2)c(C)c1. The largest absolute Gasteiger partial charge is 0.352 e. The van der Waals surface area contributed by atoms with Crippen LogP contribution in [-0.2, 0) is 6.54 Å². The average Bonchev–Trinajstić information content (AvgIpc) is 3.06. The molecule has 0 unspecified atom stereocenters. The molecule has 0 bridgehead atoms. The number of thiophene rings is 1. The molecule has 3 rings (SSSR count). The van der Waals surface area contributed by atoms with Crippen LogP contribution in [0.3, 0.4) is 0 Å². The molecule has 1 fully saturated rings. The van der Waals surface area contributed by atoms with Gasteiger partial charge in [-0.2, -0.15) is 0 Å². The van der Waals surface area contributed by atoms with Crippen molar-refractivity contribution in [3.8, 4) is 0 Å². The Balaban J connectivity index is 1.47. The maximum absolute atomic E-state index is 12.6. The highest BCUT2D eigenvalue weighted by Gasteiger charge is 2.21. The average molecular weight is 357 g/mol. The zero-order valence-electron chi connectivity index (χ0n) is 15.5. The highest BCUT2D eigenvalue weighted by atomic mass is 32.1. The molecule has 1 N–H and O–H groups in total. The smallest absolute Gasteiger partial charge is 0.251 e. The summed E-state index contributed by atoms with van der Waals surface area (Å²) in [5.74, 6) is 0.672. The lowest BCUT2D eigenvalue weighted by molar-refractivity contribution is 0.0934. The maximum atomic E-state index is 12.6. The van der Waals surface area contributed by atoms with E-state index in [0.717, 1.165) is 55.7 Å². The Kier molecular flexibility index (Phi) is 5.92. The summed E-state index contributed by atoms with van der Waals surface area (Å²) < 4.78 is 0. The maximum Gasteiger partial charge on any atom is 0.251 e. The number of aryl methyl sites for hydroxylation is 3. The third kappa shape index (κ3) is 4.71. The number of hydrogen-bond acceptors (Lipinski definition) is 3.